The maximum atomic E-state index is 11.6. The fraction of sp³-hybridized carbons (Fsp3) is 0.455. The molecule has 0 aromatic carbocycles. The Balaban J connectivity index is 3.01. The number of esters is 1. The minimum Gasteiger partial charge on any atom is -0.468 e. The van der Waals surface area contributed by atoms with Crippen molar-refractivity contribution in [3.63, 3.8) is 0 Å². The van der Waals surface area contributed by atoms with Crippen LogP contribution in [0.15, 0.2) is 0 Å². The van der Waals surface area contributed by atoms with E-state index < -0.39 is 6.04 Å². The van der Waals surface area contributed by atoms with Gasteiger partial charge in [-0.2, -0.15) is 5.10 Å². The van der Waals surface area contributed by atoms with Gasteiger partial charge in [-0.15, -0.1) is 6.42 Å². The monoisotopic (exact) mass is 221 g/mol. The highest BCUT2D eigenvalue weighted by Crippen LogP contribution is 2.20. The lowest BCUT2D eigenvalue weighted by Crippen LogP contribution is -2.30. The van der Waals surface area contributed by atoms with Crippen molar-refractivity contribution >= 4 is 5.97 Å². The number of rotatable bonds is 4. The van der Waals surface area contributed by atoms with Gasteiger partial charge in [-0.25, -0.2) is 4.79 Å². The molecule has 0 aliphatic carbocycles. The zero-order valence-electron chi connectivity index (χ0n) is 9.63. The number of aromatic amines is 1. The van der Waals surface area contributed by atoms with E-state index in [0.717, 1.165) is 17.0 Å². The van der Waals surface area contributed by atoms with Crippen LogP contribution in [0.25, 0.3) is 0 Å². The lowest BCUT2D eigenvalue weighted by atomic mass is 10.1. The number of hydrogen-bond donors (Lipinski definition) is 2. The number of aromatic nitrogens is 2. The average molecular weight is 221 g/mol. The minimum atomic E-state index is -0.570. The van der Waals surface area contributed by atoms with Gasteiger partial charge < -0.3 is 4.74 Å². The zero-order chi connectivity index (χ0) is 12.1. The van der Waals surface area contributed by atoms with Crippen molar-refractivity contribution in [2.24, 2.45) is 0 Å². The molecule has 1 aromatic heterocycles. The summed E-state index contributed by atoms with van der Waals surface area (Å²) >= 11 is 0. The summed E-state index contributed by atoms with van der Waals surface area (Å²) in [5, 5.41) is 9.79. The van der Waals surface area contributed by atoms with Crippen LogP contribution in [-0.4, -0.2) is 29.8 Å². The molecule has 0 saturated heterocycles. The summed E-state index contributed by atoms with van der Waals surface area (Å²) in [6, 6.07) is -0.570. The summed E-state index contributed by atoms with van der Waals surface area (Å²) in [6.07, 6.45) is 5.16. The van der Waals surface area contributed by atoms with Crippen LogP contribution in [0.4, 0.5) is 0 Å². The van der Waals surface area contributed by atoms with Gasteiger partial charge in [0, 0.05) is 11.3 Å². The first-order chi connectivity index (χ1) is 7.61. The molecule has 5 heteroatoms. The zero-order valence-corrected chi connectivity index (χ0v) is 9.63. The van der Waals surface area contributed by atoms with Crippen molar-refractivity contribution in [2.45, 2.75) is 19.9 Å². The van der Waals surface area contributed by atoms with Gasteiger partial charge in [0.05, 0.1) is 19.3 Å². The average Bonchev–Trinajstić information content (AvgIpc) is 2.60. The number of methoxy groups -OCH3 is 1. The van der Waals surface area contributed by atoms with E-state index in [-0.39, 0.29) is 5.97 Å². The highest BCUT2D eigenvalue weighted by atomic mass is 16.5. The van der Waals surface area contributed by atoms with Crippen LogP contribution < -0.4 is 5.32 Å². The summed E-state index contributed by atoms with van der Waals surface area (Å²) in [5.41, 5.74) is 2.39. The van der Waals surface area contributed by atoms with Crippen LogP contribution in [0.3, 0.4) is 0 Å². The minimum absolute atomic E-state index is 0.295. The summed E-state index contributed by atoms with van der Waals surface area (Å²) in [7, 11) is 1.34. The molecule has 0 fully saturated rings. The Kier molecular flexibility index (Phi) is 4.09. The van der Waals surface area contributed by atoms with E-state index in [2.05, 4.69) is 21.4 Å². The second-order valence-electron chi connectivity index (χ2n) is 3.39. The fourth-order valence-corrected chi connectivity index (χ4v) is 1.57. The molecule has 0 radical (unpaired) electrons. The molecule has 0 spiro atoms. The Morgan fingerprint density at radius 2 is 2.38 bits per heavy atom. The Labute approximate surface area is 94.6 Å². The number of carbonyl (C=O) groups excluding carboxylic acids is 1. The van der Waals surface area contributed by atoms with Gasteiger partial charge in [0.15, 0.2) is 0 Å². The highest BCUT2D eigenvalue weighted by molar-refractivity contribution is 5.78. The molecular weight excluding hydrogens is 206 g/mol. The van der Waals surface area contributed by atoms with Gasteiger partial charge in [-0.1, -0.05) is 5.92 Å². The van der Waals surface area contributed by atoms with Crippen LogP contribution in [0.2, 0.25) is 0 Å². The molecule has 0 amide bonds. The molecule has 1 heterocycles. The summed E-state index contributed by atoms with van der Waals surface area (Å²) in [5.74, 6) is 2.06. The third-order valence-corrected chi connectivity index (χ3v) is 2.32. The molecule has 1 atom stereocenters. The van der Waals surface area contributed by atoms with Crippen molar-refractivity contribution in [2.75, 3.05) is 13.7 Å². The van der Waals surface area contributed by atoms with Crippen molar-refractivity contribution in [1.29, 1.82) is 0 Å². The lowest BCUT2D eigenvalue weighted by Gasteiger charge is -2.15. The molecule has 5 nitrogen and oxygen atoms in total. The number of nitrogens with zero attached hydrogens (tertiary/aromatic N) is 1. The maximum absolute atomic E-state index is 11.6. The summed E-state index contributed by atoms with van der Waals surface area (Å²) in [4.78, 5) is 11.6. The first-order valence-corrected chi connectivity index (χ1v) is 4.88. The summed E-state index contributed by atoms with van der Waals surface area (Å²) < 4.78 is 4.73. The van der Waals surface area contributed by atoms with E-state index in [4.69, 9.17) is 11.2 Å². The van der Waals surface area contributed by atoms with Gasteiger partial charge in [-0.3, -0.25) is 10.4 Å². The molecule has 1 aromatic rings. The number of H-pyrrole nitrogens is 1. The molecule has 0 saturated carbocycles. The summed E-state index contributed by atoms with van der Waals surface area (Å²) in [6.45, 7) is 3.97. The van der Waals surface area contributed by atoms with Crippen molar-refractivity contribution in [3.8, 4) is 12.3 Å². The molecule has 1 unspecified atom stereocenters. The van der Waals surface area contributed by atoms with Crippen LogP contribution in [-0.2, 0) is 9.53 Å². The Morgan fingerprint density at radius 1 is 1.69 bits per heavy atom. The molecule has 0 bridgehead atoms. The van der Waals surface area contributed by atoms with Crippen molar-refractivity contribution in [1.82, 2.24) is 15.5 Å². The van der Waals surface area contributed by atoms with Gasteiger partial charge in [0.25, 0.3) is 0 Å². The number of ether oxygens (including phenoxy) is 1. The number of terminal acetylenes is 1. The lowest BCUT2D eigenvalue weighted by molar-refractivity contribution is -0.143. The number of aryl methyl sites for hydroxylation is 2. The van der Waals surface area contributed by atoms with Gasteiger partial charge >= 0.3 is 5.97 Å². The predicted molar refractivity (Wildman–Crippen MR) is 59.7 cm³/mol. The largest absolute Gasteiger partial charge is 0.468 e. The van der Waals surface area contributed by atoms with E-state index in [1.54, 1.807) is 0 Å². The Hall–Kier alpha value is -1.80. The third kappa shape index (κ3) is 2.41. The molecular formula is C11H15N3O2. The van der Waals surface area contributed by atoms with Crippen LogP contribution >= 0.6 is 0 Å². The Morgan fingerprint density at radius 3 is 2.81 bits per heavy atom. The molecule has 0 aliphatic rings. The van der Waals surface area contributed by atoms with Crippen LogP contribution in [0.1, 0.15) is 23.0 Å². The van der Waals surface area contributed by atoms with E-state index in [1.165, 1.54) is 7.11 Å². The van der Waals surface area contributed by atoms with E-state index in [0.29, 0.717) is 6.54 Å². The Bertz CT molecular complexity index is 398. The van der Waals surface area contributed by atoms with Gasteiger partial charge in [-0.05, 0) is 13.8 Å². The maximum Gasteiger partial charge on any atom is 0.327 e. The SMILES string of the molecule is C#CCNC(C(=O)OC)c1c(C)n[nH]c1C. The number of hydrogen-bond acceptors (Lipinski definition) is 4. The standard InChI is InChI=1S/C11H15N3O2/c1-5-6-12-10(11(15)16-4)9-7(2)13-14-8(9)3/h1,10,12H,6H2,2-4H3,(H,13,14). The molecule has 2 N–H and O–H groups in total. The van der Waals surface area contributed by atoms with Crippen LogP contribution in [0, 0.1) is 26.2 Å². The number of carbonyl (C=O) groups is 1. The molecule has 86 valence electrons. The molecule has 16 heavy (non-hydrogen) atoms. The molecule has 0 aliphatic heterocycles. The van der Waals surface area contributed by atoms with Crippen molar-refractivity contribution < 1.29 is 9.53 Å². The van der Waals surface area contributed by atoms with E-state index in [9.17, 15) is 4.79 Å². The first kappa shape index (κ1) is 12.3. The topological polar surface area (TPSA) is 67.0 Å². The van der Waals surface area contributed by atoms with E-state index in [1.807, 2.05) is 13.8 Å². The molecule has 1 rings (SSSR count). The number of nitrogens with one attached hydrogen (secondary N) is 2. The van der Waals surface area contributed by atoms with Crippen molar-refractivity contribution in [3.05, 3.63) is 17.0 Å². The first-order valence-electron chi connectivity index (χ1n) is 4.88. The fourth-order valence-electron chi connectivity index (χ4n) is 1.57. The third-order valence-electron chi connectivity index (χ3n) is 2.32. The van der Waals surface area contributed by atoms with Gasteiger partial charge in [0.1, 0.15) is 6.04 Å². The van der Waals surface area contributed by atoms with E-state index >= 15 is 0 Å². The van der Waals surface area contributed by atoms with Gasteiger partial charge in [0.2, 0.25) is 0 Å². The quantitative estimate of drug-likeness (QED) is 0.572. The second kappa shape index (κ2) is 5.33. The smallest absolute Gasteiger partial charge is 0.327 e. The predicted octanol–water partition coefficient (Wildman–Crippen LogP) is 0.463. The van der Waals surface area contributed by atoms with Crippen LogP contribution in [0.5, 0.6) is 0 Å². The normalized spacial score (nSPS) is 11.9. The highest BCUT2D eigenvalue weighted by Gasteiger charge is 2.25. The second-order valence-corrected chi connectivity index (χ2v) is 3.39.